The molecule has 0 aliphatic heterocycles. The predicted molar refractivity (Wildman–Crippen MR) is 64.8 cm³/mol. The minimum absolute atomic E-state index is 0. The Balaban J connectivity index is -0.000000135. The second kappa shape index (κ2) is 12.1. The molecule has 0 spiro atoms. The molecule has 0 radical (unpaired) electrons. The minimum atomic E-state index is -5.02. The molecule has 14 nitrogen and oxygen atoms in total. The Kier molecular flexibility index (Phi) is 15.2. The molecule has 8 N–H and O–H groups in total. The van der Waals surface area contributed by atoms with Crippen LogP contribution in [0.1, 0.15) is 0 Å². The average Bonchev–Trinajstić information content (AvgIpc) is 2.32. The van der Waals surface area contributed by atoms with Crippen molar-refractivity contribution in [3.63, 3.8) is 0 Å². The zero-order valence-corrected chi connectivity index (χ0v) is 12.0. The summed E-state index contributed by atoms with van der Waals surface area (Å²) in [5.41, 5.74) is -0.880. The SMILES string of the molecule is N.N.N#CC(C#N)=C(C#N)C#N.O=S(=O)(O)OOS(=O)(=O)O. The van der Waals surface area contributed by atoms with Crippen LogP contribution in [0.15, 0.2) is 11.1 Å². The molecule has 0 saturated heterocycles. The standard InChI is InChI=1S/C6N4.2H3N.H2O8S2/c7-1-5(2-8)6(3-9)4-10;;;1-9(2,3)7-8-10(4,5)6/h;2*1H3;(H,1,2,3)(H,4,5,6). The molecule has 0 aromatic heterocycles. The minimum Gasteiger partial charge on any atom is -0.344 e. The van der Waals surface area contributed by atoms with E-state index in [2.05, 4.69) is 8.67 Å². The molecule has 0 aromatic rings. The van der Waals surface area contributed by atoms with Crippen molar-refractivity contribution in [2.75, 3.05) is 0 Å². The van der Waals surface area contributed by atoms with Crippen molar-refractivity contribution in [1.82, 2.24) is 12.3 Å². The first-order chi connectivity index (χ1) is 9.00. The predicted octanol–water partition coefficient (Wildman–Crippen LogP) is -0.758. The number of hydrogen-bond donors (Lipinski definition) is 4. The van der Waals surface area contributed by atoms with E-state index in [0.717, 1.165) is 0 Å². The zero-order valence-electron chi connectivity index (χ0n) is 10.4. The van der Waals surface area contributed by atoms with Gasteiger partial charge >= 0.3 is 20.8 Å². The summed E-state index contributed by atoms with van der Waals surface area (Å²) in [6, 6.07) is 5.71. The first kappa shape index (κ1) is 27.7. The van der Waals surface area contributed by atoms with Gasteiger partial charge in [-0.2, -0.15) is 37.9 Å². The lowest BCUT2D eigenvalue weighted by atomic mass is 10.2. The monoisotopic (exact) mass is 356 g/mol. The highest BCUT2D eigenvalue weighted by atomic mass is 32.3. The molecule has 0 unspecified atom stereocenters. The summed E-state index contributed by atoms with van der Waals surface area (Å²) in [7, 11) is -10.0. The summed E-state index contributed by atoms with van der Waals surface area (Å²) < 4.78 is 58.9. The van der Waals surface area contributed by atoms with E-state index >= 15 is 0 Å². The highest BCUT2D eigenvalue weighted by Crippen LogP contribution is 1.98. The van der Waals surface area contributed by atoms with Gasteiger partial charge in [-0.3, -0.25) is 9.11 Å². The number of nitrogens with zero attached hydrogens (tertiary/aromatic N) is 4. The van der Waals surface area contributed by atoms with E-state index in [1.54, 1.807) is 0 Å². The van der Waals surface area contributed by atoms with Crippen LogP contribution in [0.25, 0.3) is 0 Å². The Morgan fingerprint density at radius 2 is 0.864 bits per heavy atom. The summed E-state index contributed by atoms with van der Waals surface area (Å²) in [4.78, 5) is 0. The van der Waals surface area contributed by atoms with E-state index < -0.39 is 31.9 Å². The normalized spacial score (nSPS) is 8.64. The Hall–Kier alpha value is -2.64. The van der Waals surface area contributed by atoms with Crippen LogP contribution in [-0.2, 0) is 29.5 Å². The van der Waals surface area contributed by atoms with Crippen molar-refractivity contribution in [3.05, 3.63) is 11.1 Å². The lowest BCUT2D eigenvalue weighted by Gasteiger charge is -1.92. The molecule has 0 saturated carbocycles. The first-order valence-electron chi connectivity index (χ1n) is 3.68. The van der Waals surface area contributed by atoms with Gasteiger partial charge < -0.3 is 12.3 Å². The maximum Gasteiger partial charge on any atom is 0.425 e. The van der Waals surface area contributed by atoms with Crippen molar-refractivity contribution < 1.29 is 34.6 Å². The van der Waals surface area contributed by atoms with Gasteiger partial charge in [-0.05, 0) is 0 Å². The van der Waals surface area contributed by atoms with Gasteiger partial charge in [0.15, 0.2) is 11.1 Å². The number of allylic oxidation sites excluding steroid dienone is 2. The van der Waals surface area contributed by atoms with E-state index in [0.29, 0.717) is 0 Å². The fraction of sp³-hybridized carbons (Fsp3) is 0. The van der Waals surface area contributed by atoms with Gasteiger partial charge in [-0.15, -0.1) is 0 Å². The third kappa shape index (κ3) is 17.4. The number of nitriles is 4. The maximum atomic E-state index is 9.51. The summed E-state index contributed by atoms with van der Waals surface area (Å²) in [5, 5.41) is 32.5. The second-order valence-electron chi connectivity index (χ2n) is 2.19. The van der Waals surface area contributed by atoms with Gasteiger partial charge in [0.2, 0.25) is 0 Å². The summed E-state index contributed by atoms with van der Waals surface area (Å²) in [6.45, 7) is 0. The fourth-order valence-corrected chi connectivity index (χ4v) is 0.905. The third-order valence-corrected chi connectivity index (χ3v) is 1.46. The van der Waals surface area contributed by atoms with Crippen LogP contribution in [0.2, 0.25) is 0 Å². The molecule has 0 aromatic carbocycles. The van der Waals surface area contributed by atoms with Crippen molar-refractivity contribution in [2.24, 2.45) is 0 Å². The zero-order chi connectivity index (χ0) is 16.4. The van der Waals surface area contributed by atoms with Gasteiger partial charge in [0.25, 0.3) is 0 Å². The van der Waals surface area contributed by atoms with Crippen LogP contribution in [-0.4, -0.2) is 25.9 Å². The molecule has 16 heteroatoms. The van der Waals surface area contributed by atoms with E-state index in [4.69, 9.17) is 30.2 Å². The third-order valence-electron chi connectivity index (χ3n) is 0.897. The van der Waals surface area contributed by atoms with Crippen LogP contribution in [0, 0.1) is 45.3 Å². The van der Waals surface area contributed by atoms with Gasteiger partial charge in [0, 0.05) is 0 Å². The first-order valence-corrected chi connectivity index (χ1v) is 6.41. The Morgan fingerprint density at radius 3 is 0.955 bits per heavy atom. The summed E-state index contributed by atoms with van der Waals surface area (Å²) in [6.07, 6.45) is 0. The van der Waals surface area contributed by atoms with E-state index in [1.807, 2.05) is 0 Å². The smallest absolute Gasteiger partial charge is 0.344 e. The highest BCUT2D eigenvalue weighted by Gasteiger charge is 2.13. The molecule has 0 fully saturated rings. The molecule has 0 aliphatic rings. The van der Waals surface area contributed by atoms with Crippen molar-refractivity contribution >= 4 is 20.8 Å². The molecule has 22 heavy (non-hydrogen) atoms. The van der Waals surface area contributed by atoms with E-state index in [-0.39, 0.29) is 12.3 Å². The van der Waals surface area contributed by atoms with Gasteiger partial charge in [0.05, 0.1) is 0 Å². The summed E-state index contributed by atoms with van der Waals surface area (Å²) >= 11 is 0. The van der Waals surface area contributed by atoms with Crippen LogP contribution >= 0.6 is 0 Å². The molecule has 0 heterocycles. The molecule has 0 bridgehead atoms. The molecule has 0 atom stereocenters. The van der Waals surface area contributed by atoms with Crippen molar-refractivity contribution in [1.29, 1.82) is 21.0 Å². The quantitative estimate of drug-likeness (QED) is 0.209. The molecular weight excluding hydrogens is 348 g/mol. The van der Waals surface area contributed by atoms with E-state index in [9.17, 15) is 16.8 Å². The van der Waals surface area contributed by atoms with Crippen LogP contribution in [0.4, 0.5) is 0 Å². The largest absolute Gasteiger partial charge is 0.425 e. The molecule has 0 amide bonds. The number of rotatable bonds is 3. The molecule has 122 valence electrons. The lowest BCUT2D eigenvalue weighted by Crippen LogP contribution is -2.10. The second-order valence-corrected chi connectivity index (χ2v) is 4.17. The summed E-state index contributed by atoms with van der Waals surface area (Å²) in [5.74, 6) is 0. The van der Waals surface area contributed by atoms with Crippen molar-refractivity contribution in [3.8, 4) is 24.3 Å². The van der Waals surface area contributed by atoms with Crippen molar-refractivity contribution in [2.45, 2.75) is 0 Å². The Labute approximate surface area is 125 Å². The van der Waals surface area contributed by atoms with Crippen LogP contribution in [0.3, 0.4) is 0 Å². The molecule has 0 aliphatic carbocycles. The topological polar surface area (TPSA) is 292 Å². The molecular formula is C6H8N6O8S2. The number of hydrogen-bond acceptors (Lipinski definition) is 12. The van der Waals surface area contributed by atoms with Crippen LogP contribution < -0.4 is 12.3 Å². The Morgan fingerprint density at radius 1 is 0.682 bits per heavy atom. The van der Waals surface area contributed by atoms with Gasteiger partial charge in [-0.1, -0.05) is 8.67 Å². The fourth-order valence-electron chi connectivity index (χ4n) is 0.344. The van der Waals surface area contributed by atoms with E-state index in [1.165, 1.54) is 24.3 Å². The highest BCUT2D eigenvalue weighted by molar-refractivity contribution is 7.83. The lowest BCUT2D eigenvalue weighted by molar-refractivity contribution is -0.105. The average molecular weight is 356 g/mol. The van der Waals surface area contributed by atoms with Crippen LogP contribution in [0.5, 0.6) is 0 Å². The van der Waals surface area contributed by atoms with Gasteiger partial charge in [0.1, 0.15) is 24.3 Å². The molecule has 0 rings (SSSR count). The van der Waals surface area contributed by atoms with Gasteiger partial charge in [-0.25, -0.2) is 0 Å². The Bertz CT molecular complexity index is 658. The maximum absolute atomic E-state index is 9.51.